The molecule has 0 bridgehead atoms. The van der Waals surface area contributed by atoms with Crippen LogP contribution in [0.5, 0.6) is 0 Å². The van der Waals surface area contributed by atoms with Gasteiger partial charge in [0.05, 0.1) is 17.5 Å². The molecule has 4 nitrogen and oxygen atoms in total. The van der Waals surface area contributed by atoms with E-state index in [4.69, 9.17) is 4.74 Å². The maximum Gasteiger partial charge on any atom is 0.0655 e. The van der Waals surface area contributed by atoms with Gasteiger partial charge in [0.15, 0.2) is 0 Å². The highest BCUT2D eigenvalue weighted by molar-refractivity contribution is 5.10. The SMILES string of the molecule is CCOC1CC(NCc2cc(C)nn2C)C1(C)C. The first kappa shape index (κ1) is 13.6. The molecule has 0 aromatic carbocycles. The van der Waals surface area contributed by atoms with Gasteiger partial charge in [-0.05, 0) is 26.3 Å². The van der Waals surface area contributed by atoms with E-state index >= 15 is 0 Å². The minimum Gasteiger partial charge on any atom is -0.378 e. The van der Waals surface area contributed by atoms with Crippen molar-refractivity contribution >= 4 is 0 Å². The van der Waals surface area contributed by atoms with Gasteiger partial charge in [0, 0.05) is 31.7 Å². The summed E-state index contributed by atoms with van der Waals surface area (Å²) in [6, 6.07) is 2.67. The van der Waals surface area contributed by atoms with Crippen LogP contribution in [0.4, 0.5) is 0 Å². The number of rotatable bonds is 5. The molecule has 1 aliphatic carbocycles. The van der Waals surface area contributed by atoms with Gasteiger partial charge in [-0.25, -0.2) is 0 Å². The quantitative estimate of drug-likeness (QED) is 0.870. The molecule has 0 radical (unpaired) electrons. The first-order valence-electron chi connectivity index (χ1n) is 6.79. The summed E-state index contributed by atoms with van der Waals surface area (Å²) in [5.41, 5.74) is 2.54. The molecule has 0 saturated heterocycles. The lowest BCUT2D eigenvalue weighted by Gasteiger charge is -2.52. The zero-order valence-electron chi connectivity index (χ0n) is 12.2. The summed E-state index contributed by atoms with van der Waals surface area (Å²) in [7, 11) is 2.00. The Kier molecular flexibility index (Phi) is 3.78. The first-order valence-corrected chi connectivity index (χ1v) is 6.79. The smallest absolute Gasteiger partial charge is 0.0655 e. The lowest BCUT2D eigenvalue weighted by Crippen LogP contribution is -2.60. The van der Waals surface area contributed by atoms with Crippen molar-refractivity contribution in [2.45, 2.75) is 52.8 Å². The van der Waals surface area contributed by atoms with Gasteiger partial charge in [0.1, 0.15) is 0 Å². The summed E-state index contributed by atoms with van der Waals surface area (Å²) in [5.74, 6) is 0. The van der Waals surface area contributed by atoms with E-state index in [0.717, 1.165) is 25.3 Å². The molecular weight excluding hydrogens is 226 g/mol. The molecule has 2 atom stereocenters. The fourth-order valence-electron chi connectivity index (χ4n) is 2.77. The van der Waals surface area contributed by atoms with Crippen LogP contribution >= 0.6 is 0 Å². The molecule has 102 valence electrons. The van der Waals surface area contributed by atoms with Crippen LogP contribution < -0.4 is 5.32 Å². The number of hydrogen-bond donors (Lipinski definition) is 1. The average molecular weight is 251 g/mol. The van der Waals surface area contributed by atoms with Crippen LogP contribution in [0.1, 0.15) is 38.6 Å². The monoisotopic (exact) mass is 251 g/mol. The van der Waals surface area contributed by atoms with E-state index in [1.807, 2.05) is 18.7 Å². The summed E-state index contributed by atoms with van der Waals surface area (Å²) in [5, 5.41) is 7.99. The van der Waals surface area contributed by atoms with E-state index in [0.29, 0.717) is 12.1 Å². The van der Waals surface area contributed by atoms with Crippen molar-refractivity contribution in [1.82, 2.24) is 15.1 Å². The van der Waals surface area contributed by atoms with Crippen LogP contribution in [0.15, 0.2) is 6.07 Å². The molecule has 1 aromatic rings. The van der Waals surface area contributed by atoms with Crippen molar-refractivity contribution in [2.24, 2.45) is 12.5 Å². The van der Waals surface area contributed by atoms with Crippen LogP contribution in [0.3, 0.4) is 0 Å². The third-order valence-electron chi connectivity index (χ3n) is 4.17. The average Bonchev–Trinajstić information content (AvgIpc) is 2.61. The molecule has 0 amide bonds. The van der Waals surface area contributed by atoms with E-state index in [-0.39, 0.29) is 5.41 Å². The molecule has 0 spiro atoms. The van der Waals surface area contributed by atoms with E-state index < -0.39 is 0 Å². The largest absolute Gasteiger partial charge is 0.378 e. The number of aryl methyl sites for hydroxylation is 2. The molecule has 1 fully saturated rings. The van der Waals surface area contributed by atoms with Crippen molar-refractivity contribution < 1.29 is 4.74 Å². The molecular formula is C14H25N3O. The third-order valence-corrected chi connectivity index (χ3v) is 4.17. The maximum atomic E-state index is 5.75. The van der Waals surface area contributed by atoms with Gasteiger partial charge >= 0.3 is 0 Å². The van der Waals surface area contributed by atoms with Crippen LogP contribution in [0.2, 0.25) is 0 Å². The Balaban J connectivity index is 1.87. The number of aromatic nitrogens is 2. The molecule has 1 aromatic heterocycles. The van der Waals surface area contributed by atoms with Gasteiger partial charge in [-0.2, -0.15) is 5.10 Å². The second-order valence-electron chi connectivity index (χ2n) is 5.84. The zero-order chi connectivity index (χ0) is 13.3. The number of ether oxygens (including phenoxy) is 1. The lowest BCUT2D eigenvalue weighted by atomic mass is 9.64. The Morgan fingerprint density at radius 1 is 1.56 bits per heavy atom. The van der Waals surface area contributed by atoms with Crippen molar-refractivity contribution in [3.05, 3.63) is 17.5 Å². The predicted molar refractivity (Wildman–Crippen MR) is 72.4 cm³/mol. The topological polar surface area (TPSA) is 39.1 Å². The van der Waals surface area contributed by atoms with Gasteiger partial charge in [0.2, 0.25) is 0 Å². The molecule has 1 saturated carbocycles. The highest BCUT2D eigenvalue weighted by atomic mass is 16.5. The highest BCUT2D eigenvalue weighted by Gasteiger charge is 2.48. The zero-order valence-corrected chi connectivity index (χ0v) is 12.2. The van der Waals surface area contributed by atoms with E-state index in [1.54, 1.807) is 0 Å². The summed E-state index contributed by atoms with van der Waals surface area (Å²) in [4.78, 5) is 0. The number of nitrogens with one attached hydrogen (secondary N) is 1. The van der Waals surface area contributed by atoms with E-state index in [2.05, 4.69) is 37.3 Å². The minimum atomic E-state index is 0.226. The molecule has 2 unspecified atom stereocenters. The second-order valence-corrected chi connectivity index (χ2v) is 5.84. The van der Waals surface area contributed by atoms with Crippen molar-refractivity contribution in [2.75, 3.05) is 6.61 Å². The summed E-state index contributed by atoms with van der Waals surface area (Å²) in [6.07, 6.45) is 1.51. The van der Waals surface area contributed by atoms with Crippen LogP contribution in [-0.4, -0.2) is 28.5 Å². The lowest BCUT2D eigenvalue weighted by molar-refractivity contribution is -0.114. The van der Waals surface area contributed by atoms with Crippen molar-refractivity contribution in [1.29, 1.82) is 0 Å². The summed E-state index contributed by atoms with van der Waals surface area (Å²) in [6.45, 7) is 10.3. The number of hydrogen-bond acceptors (Lipinski definition) is 3. The fourth-order valence-corrected chi connectivity index (χ4v) is 2.77. The highest BCUT2D eigenvalue weighted by Crippen LogP contribution is 2.42. The van der Waals surface area contributed by atoms with Crippen LogP contribution in [0.25, 0.3) is 0 Å². The maximum absolute atomic E-state index is 5.75. The molecule has 2 rings (SSSR count). The third kappa shape index (κ3) is 2.45. The number of nitrogens with zero attached hydrogens (tertiary/aromatic N) is 2. The van der Waals surface area contributed by atoms with Crippen molar-refractivity contribution in [3.8, 4) is 0 Å². The van der Waals surface area contributed by atoms with Crippen LogP contribution in [0, 0.1) is 12.3 Å². The van der Waals surface area contributed by atoms with Gasteiger partial charge in [-0.1, -0.05) is 13.8 Å². The Hall–Kier alpha value is -0.870. The standard InChI is InChI=1S/C14H25N3O/c1-6-18-13-8-12(14(13,3)4)15-9-11-7-10(2)16-17(11)5/h7,12-13,15H,6,8-9H2,1-5H3. The summed E-state index contributed by atoms with van der Waals surface area (Å²) < 4.78 is 7.70. The molecule has 0 aliphatic heterocycles. The first-order chi connectivity index (χ1) is 8.45. The van der Waals surface area contributed by atoms with E-state index in [1.165, 1.54) is 5.69 Å². The van der Waals surface area contributed by atoms with Crippen molar-refractivity contribution in [3.63, 3.8) is 0 Å². The molecule has 4 heteroatoms. The Bertz CT molecular complexity index is 411. The predicted octanol–water partition coefficient (Wildman–Crippen LogP) is 2.02. The second kappa shape index (κ2) is 5.02. The summed E-state index contributed by atoms with van der Waals surface area (Å²) >= 11 is 0. The fraction of sp³-hybridized carbons (Fsp3) is 0.786. The van der Waals surface area contributed by atoms with Gasteiger partial charge in [0.25, 0.3) is 0 Å². The Labute approximate surface area is 110 Å². The molecule has 1 N–H and O–H groups in total. The van der Waals surface area contributed by atoms with Crippen LogP contribution in [-0.2, 0) is 18.3 Å². The molecule has 1 aliphatic rings. The normalized spacial score (nSPS) is 26.1. The van der Waals surface area contributed by atoms with E-state index in [9.17, 15) is 0 Å². The molecule has 1 heterocycles. The van der Waals surface area contributed by atoms with Gasteiger partial charge in [-0.15, -0.1) is 0 Å². The Morgan fingerprint density at radius 2 is 2.28 bits per heavy atom. The minimum absolute atomic E-state index is 0.226. The van der Waals surface area contributed by atoms with Gasteiger partial charge in [-0.3, -0.25) is 4.68 Å². The molecule has 18 heavy (non-hydrogen) atoms. The van der Waals surface area contributed by atoms with Gasteiger partial charge < -0.3 is 10.1 Å². The Morgan fingerprint density at radius 3 is 2.78 bits per heavy atom.